The smallest absolute Gasteiger partial charge is 0.282 e. The predicted molar refractivity (Wildman–Crippen MR) is 135 cm³/mol. The zero-order valence-corrected chi connectivity index (χ0v) is 21.6. The molecule has 1 amide bonds. The lowest BCUT2D eigenvalue weighted by molar-refractivity contribution is -0.119. The number of ether oxygens (including phenoxy) is 2. The quantitative estimate of drug-likeness (QED) is 0.373. The summed E-state index contributed by atoms with van der Waals surface area (Å²) in [4.78, 5) is 29.1. The van der Waals surface area contributed by atoms with Crippen LogP contribution in [0.2, 0.25) is 0 Å². The first-order chi connectivity index (χ1) is 15.7. The van der Waals surface area contributed by atoms with Gasteiger partial charge in [0.05, 0.1) is 23.7 Å². The molecule has 0 fully saturated rings. The summed E-state index contributed by atoms with van der Waals surface area (Å²) in [5.41, 5.74) is 6.20. The monoisotopic (exact) mass is 578 g/mol. The standard InChI is InChI=1S/C23H24Br2N4O4/c1-4-13(3)22-28-18-7-6-15(24)9-16(18)23(31)29(22)27-11-14-8-19(32-5-2)20(10-17(14)25)33-12-21(26)30/h6-11,13H,4-5,12H2,1-3H3,(H2,26,30)/t13-/m0/s1. The minimum absolute atomic E-state index is 0.0231. The van der Waals surface area contributed by atoms with Crippen molar-refractivity contribution < 1.29 is 14.3 Å². The third-order valence-electron chi connectivity index (χ3n) is 4.93. The van der Waals surface area contributed by atoms with Gasteiger partial charge in [0.15, 0.2) is 18.1 Å². The van der Waals surface area contributed by atoms with Crippen LogP contribution in [-0.2, 0) is 4.79 Å². The summed E-state index contributed by atoms with van der Waals surface area (Å²) in [6.45, 7) is 6.00. The molecule has 1 aromatic heterocycles. The minimum Gasteiger partial charge on any atom is -0.490 e. The number of carbonyl (C=O) groups excluding carboxylic acids is 1. The van der Waals surface area contributed by atoms with Crippen molar-refractivity contribution in [1.29, 1.82) is 0 Å². The Hall–Kier alpha value is -2.72. The molecule has 1 atom stereocenters. The summed E-state index contributed by atoms with van der Waals surface area (Å²) in [6.07, 6.45) is 2.36. The molecule has 10 heteroatoms. The van der Waals surface area contributed by atoms with Gasteiger partial charge in [0.1, 0.15) is 5.82 Å². The Labute approximate surface area is 208 Å². The maximum atomic E-state index is 13.3. The lowest BCUT2D eigenvalue weighted by Gasteiger charge is -2.15. The topological polar surface area (TPSA) is 109 Å². The van der Waals surface area contributed by atoms with Crippen LogP contribution in [-0.4, -0.2) is 35.0 Å². The van der Waals surface area contributed by atoms with Crippen molar-refractivity contribution in [3.8, 4) is 11.5 Å². The van der Waals surface area contributed by atoms with E-state index < -0.39 is 5.91 Å². The normalized spacial score (nSPS) is 12.3. The molecule has 0 aliphatic carbocycles. The molecule has 0 aliphatic rings. The fourth-order valence-electron chi connectivity index (χ4n) is 3.08. The van der Waals surface area contributed by atoms with Crippen LogP contribution in [0.3, 0.4) is 0 Å². The summed E-state index contributed by atoms with van der Waals surface area (Å²) < 4.78 is 13.9. The van der Waals surface area contributed by atoms with Crippen molar-refractivity contribution in [3.63, 3.8) is 0 Å². The van der Waals surface area contributed by atoms with Crippen molar-refractivity contribution in [2.45, 2.75) is 33.1 Å². The van der Waals surface area contributed by atoms with Crippen LogP contribution in [0.5, 0.6) is 11.5 Å². The van der Waals surface area contributed by atoms with Crippen LogP contribution < -0.4 is 20.8 Å². The van der Waals surface area contributed by atoms with Crippen LogP contribution in [0.1, 0.15) is 44.5 Å². The fourth-order valence-corrected chi connectivity index (χ4v) is 3.86. The molecule has 0 bridgehead atoms. The molecule has 0 saturated carbocycles. The average Bonchev–Trinajstić information content (AvgIpc) is 2.78. The van der Waals surface area contributed by atoms with Crippen LogP contribution in [0.25, 0.3) is 10.9 Å². The second-order valence-electron chi connectivity index (χ2n) is 7.31. The first-order valence-corrected chi connectivity index (χ1v) is 12.0. The molecule has 0 saturated heterocycles. The Morgan fingerprint density at radius 1 is 1.21 bits per heavy atom. The third-order valence-corrected chi connectivity index (χ3v) is 6.11. The SMILES string of the molecule is CCOc1cc(C=Nn2c([C@@H](C)CC)nc3ccc(Br)cc3c2=O)c(Br)cc1OCC(N)=O. The number of aromatic nitrogens is 2. The molecule has 8 nitrogen and oxygen atoms in total. The van der Waals surface area contributed by atoms with E-state index in [0.29, 0.717) is 44.9 Å². The van der Waals surface area contributed by atoms with Gasteiger partial charge in [-0.05, 0) is 59.6 Å². The largest absolute Gasteiger partial charge is 0.490 e. The second-order valence-corrected chi connectivity index (χ2v) is 9.08. The van der Waals surface area contributed by atoms with Gasteiger partial charge in [0, 0.05) is 20.4 Å². The third kappa shape index (κ3) is 5.80. The first kappa shape index (κ1) is 24.9. The maximum absolute atomic E-state index is 13.3. The predicted octanol–water partition coefficient (Wildman–Crippen LogP) is 4.58. The van der Waals surface area contributed by atoms with Crippen molar-refractivity contribution >= 4 is 54.9 Å². The number of carbonyl (C=O) groups is 1. The summed E-state index contributed by atoms with van der Waals surface area (Å²) in [6, 6.07) is 8.80. The lowest BCUT2D eigenvalue weighted by Crippen LogP contribution is -2.23. The second kappa shape index (κ2) is 10.9. The van der Waals surface area contributed by atoms with E-state index in [2.05, 4.69) is 37.0 Å². The highest BCUT2D eigenvalue weighted by atomic mass is 79.9. The average molecular weight is 580 g/mol. The molecule has 3 aromatic rings. The number of nitrogens with zero attached hydrogens (tertiary/aromatic N) is 3. The molecule has 0 spiro atoms. The molecule has 1 heterocycles. The van der Waals surface area contributed by atoms with Gasteiger partial charge in [0.2, 0.25) is 0 Å². The Balaban J connectivity index is 2.11. The van der Waals surface area contributed by atoms with E-state index in [4.69, 9.17) is 20.2 Å². The van der Waals surface area contributed by atoms with Crippen LogP contribution in [0.15, 0.2) is 49.2 Å². The number of halogens is 2. The molecule has 0 aliphatic heterocycles. The van der Waals surface area contributed by atoms with Gasteiger partial charge in [-0.25, -0.2) is 4.98 Å². The number of fused-ring (bicyclic) bond motifs is 1. The number of hydrogen-bond acceptors (Lipinski definition) is 6. The molecule has 0 radical (unpaired) electrons. The number of hydrogen-bond donors (Lipinski definition) is 1. The first-order valence-electron chi connectivity index (χ1n) is 10.4. The van der Waals surface area contributed by atoms with E-state index in [9.17, 15) is 9.59 Å². The minimum atomic E-state index is -0.591. The Morgan fingerprint density at radius 2 is 1.94 bits per heavy atom. The van der Waals surface area contributed by atoms with Crippen molar-refractivity contribution in [2.24, 2.45) is 10.8 Å². The van der Waals surface area contributed by atoms with Gasteiger partial charge in [-0.2, -0.15) is 9.78 Å². The van der Waals surface area contributed by atoms with E-state index in [1.807, 2.05) is 32.9 Å². The molecular weight excluding hydrogens is 556 g/mol. The van der Waals surface area contributed by atoms with Gasteiger partial charge < -0.3 is 15.2 Å². The highest BCUT2D eigenvalue weighted by Crippen LogP contribution is 2.33. The zero-order chi connectivity index (χ0) is 24.1. The van der Waals surface area contributed by atoms with Crippen LogP contribution in [0.4, 0.5) is 0 Å². The molecule has 2 aromatic carbocycles. The van der Waals surface area contributed by atoms with Crippen LogP contribution >= 0.6 is 31.9 Å². The van der Waals surface area contributed by atoms with Gasteiger partial charge in [-0.1, -0.05) is 29.8 Å². The molecule has 33 heavy (non-hydrogen) atoms. The molecule has 174 valence electrons. The Kier molecular flexibility index (Phi) is 8.25. The van der Waals surface area contributed by atoms with Crippen molar-refractivity contribution in [2.75, 3.05) is 13.2 Å². The van der Waals surface area contributed by atoms with E-state index in [0.717, 1.165) is 10.9 Å². The van der Waals surface area contributed by atoms with Crippen molar-refractivity contribution in [1.82, 2.24) is 9.66 Å². The Morgan fingerprint density at radius 3 is 2.61 bits per heavy atom. The van der Waals surface area contributed by atoms with Gasteiger partial charge in [0.25, 0.3) is 11.5 Å². The number of rotatable bonds is 9. The molecule has 0 unspecified atom stereocenters. The number of nitrogens with two attached hydrogens (primary N) is 1. The lowest BCUT2D eigenvalue weighted by atomic mass is 10.1. The Bertz CT molecular complexity index is 1270. The highest BCUT2D eigenvalue weighted by Gasteiger charge is 2.16. The highest BCUT2D eigenvalue weighted by molar-refractivity contribution is 9.10. The summed E-state index contributed by atoms with van der Waals surface area (Å²) in [5.74, 6) is 0.811. The molecular formula is C23H24Br2N4O4. The van der Waals surface area contributed by atoms with Crippen LogP contribution in [0, 0.1) is 0 Å². The van der Waals surface area contributed by atoms with E-state index in [1.165, 1.54) is 4.68 Å². The fraction of sp³-hybridized carbons (Fsp3) is 0.304. The molecule has 3 rings (SSSR count). The van der Waals surface area contributed by atoms with E-state index in [1.54, 1.807) is 24.4 Å². The van der Waals surface area contributed by atoms with Crippen molar-refractivity contribution in [3.05, 3.63) is 61.0 Å². The summed E-state index contributed by atoms with van der Waals surface area (Å²) >= 11 is 6.90. The number of primary amides is 1. The van der Waals surface area contributed by atoms with Gasteiger partial charge >= 0.3 is 0 Å². The van der Waals surface area contributed by atoms with E-state index in [-0.39, 0.29) is 18.1 Å². The van der Waals surface area contributed by atoms with Gasteiger partial charge in [-0.3, -0.25) is 9.59 Å². The molecule has 2 N–H and O–H groups in total. The summed E-state index contributed by atoms with van der Waals surface area (Å²) in [5, 5.41) is 4.96. The number of benzene rings is 2. The van der Waals surface area contributed by atoms with E-state index >= 15 is 0 Å². The number of amides is 1. The zero-order valence-electron chi connectivity index (χ0n) is 18.5. The maximum Gasteiger partial charge on any atom is 0.282 e. The summed E-state index contributed by atoms with van der Waals surface area (Å²) in [7, 11) is 0. The van der Waals surface area contributed by atoms with Gasteiger partial charge in [-0.15, -0.1) is 0 Å².